The Kier molecular flexibility index (Phi) is 2.93. The molecule has 1 heteroatoms. The van der Waals surface area contributed by atoms with E-state index in [-0.39, 0.29) is 0 Å². The fraction of sp³-hybridized carbons (Fsp3) is 0.0714. The first-order valence-electron chi connectivity index (χ1n) is 5.04. The van der Waals surface area contributed by atoms with Gasteiger partial charge in [-0.3, -0.25) is 4.98 Å². The third kappa shape index (κ3) is 2.32. The zero-order chi connectivity index (χ0) is 10.5. The van der Waals surface area contributed by atoms with E-state index in [1.807, 2.05) is 37.4 Å². The number of pyridine rings is 1. The summed E-state index contributed by atoms with van der Waals surface area (Å²) < 4.78 is 0. The highest BCUT2D eigenvalue weighted by atomic mass is 14.7. The van der Waals surface area contributed by atoms with Gasteiger partial charge in [0.05, 0.1) is 5.69 Å². The Labute approximate surface area is 90.1 Å². The lowest BCUT2D eigenvalue weighted by molar-refractivity contribution is 1.33. The minimum atomic E-state index is 1.02. The molecule has 2 aromatic rings. The molecule has 0 radical (unpaired) electrons. The highest BCUT2D eigenvalue weighted by molar-refractivity contribution is 5.62. The largest absolute Gasteiger partial charge is 0.256 e. The lowest BCUT2D eigenvalue weighted by atomic mass is 10.1. The summed E-state index contributed by atoms with van der Waals surface area (Å²) in [5.74, 6) is 0. The fourth-order valence-electron chi connectivity index (χ4n) is 1.49. The average Bonchev–Trinajstić information content (AvgIpc) is 2.32. The molecule has 15 heavy (non-hydrogen) atoms. The molecule has 1 nitrogen and oxygen atoms in total. The second-order valence-corrected chi connectivity index (χ2v) is 3.34. The highest BCUT2D eigenvalue weighted by Gasteiger charge is 1.96. The molecule has 0 bridgehead atoms. The molecule has 1 aromatic heterocycles. The summed E-state index contributed by atoms with van der Waals surface area (Å²) >= 11 is 0. The van der Waals surface area contributed by atoms with Crippen LogP contribution >= 0.6 is 0 Å². The standard InChI is InChI=1S/C14H13N/c1-2-5-12-7-9-13(10-8-12)14-6-3-4-11-15-14/h2-11H,1H3. The van der Waals surface area contributed by atoms with Crippen molar-refractivity contribution in [3.8, 4) is 11.3 Å². The Bertz CT molecular complexity index is 441. The van der Waals surface area contributed by atoms with Gasteiger partial charge in [-0.05, 0) is 24.6 Å². The van der Waals surface area contributed by atoms with Crippen molar-refractivity contribution in [2.75, 3.05) is 0 Å². The maximum Gasteiger partial charge on any atom is 0.0701 e. The number of rotatable bonds is 2. The number of hydrogen-bond acceptors (Lipinski definition) is 1. The van der Waals surface area contributed by atoms with Crippen LogP contribution in [0.1, 0.15) is 12.5 Å². The highest BCUT2D eigenvalue weighted by Crippen LogP contribution is 2.17. The van der Waals surface area contributed by atoms with E-state index in [0.717, 1.165) is 11.3 Å². The van der Waals surface area contributed by atoms with Gasteiger partial charge in [0.2, 0.25) is 0 Å². The van der Waals surface area contributed by atoms with Crippen LogP contribution in [0, 0.1) is 0 Å². The first-order valence-corrected chi connectivity index (χ1v) is 5.04. The van der Waals surface area contributed by atoms with Crippen LogP contribution in [0.25, 0.3) is 17.3 Å². The predicted molar refractivity (Wildman–Crippen MR) is 64.4 cm³/mol. The van der Waals surface area contributed by atoms with Crippen molar-refractivity contribution < 1.29 is 0 Å². The molecule has 74 valence electrons. The summed E-state index contributed by atoms with van der Waals surface area (Å²) in [6.07, 6.45) is 5.94. The molecular formula is C14H13N. The van der Waals surface area contributed by atoms with E-state index in [9.17, 15) is 0 Å². The van der Waals surface area contributed by atoms with E-state index < -0.39 is 0 Å². The van der Waals surface area contributed by atoms with Crippen LogP contribution in [-0.4, -0.2) is 4.98 Å². The number of benzene rings is 1. The van der Waals surface area contributed by atoms with Gasteiger partial charge in [0.25, 0.3) is 0 Å². The topological polar surface area (TPSA) is 12.9 Å². The van der Waals surface area contributed by atoms with Gasteiger partial charge in [-0.2, -0.15) is 0 Å². The van der Waals surface area contributed by atoms with Crippen molar-refractivity contribution in [1.29, 1.82) is 0 Å². The molecule has 2 rings (SSSR count). The summed E-state index contributed by atoms with van der Waals surface area (Å²) in [5.41, 5.74) is 3.39. The van der Waals surface area contributed by atoms with E-state index in [1.54, 1.807) is 0 Å². The monoisotopic (exact) mass is 195 g/mol. The van der Waals surface area contributed by atoms with Gasteiger partial charge in [0, 0.05) is 11.8 Å². The van der Waals surface area contributed by atoms with Crippen molar-refractivity contribution in [1.82, 2.24) is 4.98 Å². The summed E-state index contributed by atoms with van der Waals surface area (Å²) in [4.78, 5) is 4.31. The van der Waals surface area contributed by atoms with Crippen LogP contribution in [0.15, 0.2) is 54.7 Å². The molecule has 0 N–H and O–H groups in total. The van der Waals surface area contributed by atoms with Crippen LogP contribution in [-0.2, 0) is 0 Å². The minimum absolute atomic E-state index is 1.02. The molecule has 0 fully saturated rings. The number of aromatic nitrogens is 1. The van der Waals surface area contributed by atoms with Crippen LogP contribution in [0.3, 0.4) is 0 Å². The molecule has 0 aliphatic carbocycles. The molecule has 0 saturated heterocycles. The third-order valence-corrected chi connectivity index (χ3v) is 2.23. The molecular weight excluding hydrogens is 182 g/mol. The second kappa shape index (κ2) is 4.56. The lowest BCUT2D eigenvalue weighted by Crippen LogP contribution is -1.81. The van der Waals surface area contributed by atoms with Crippen LogP contribution < -0.4 is 0 Å². The van der Waals surface area contributed by atoms with E-state index >= 15 is 0 Å². The maximum atomic E-state index is 4.31. The first-order chi connectivity index (χ1) is 7.40. The van der Waals surface area contributed by atoms with Gasteiger partial charge in [0.1, 0.15) is 0 Å². The smallest absolute Gasteiger partial charge is 0.0701 e. The Morgan fingerprint density at radius 3 is 2.40 bits per heavy atom. The van der Waals surface area contributed by atoms with Crippen molar-refractivity contribution in [2.24, 2.45) is 0 Å². The van der Waals surface area contributed by atoms with Crippen LogP contribution in [0.2, 0.25) is 0 Å². The second-order valence-electron chi connectivity index (χ2n) is 3.34. The zero-order valence-corrected chi connectivity index (χ0v) is 8.72. The minimum Gasteiger partial charge on any atom is -0.256 e. The van der Waals surface area contributed by atoms with Gasteiger partial charge in [-0.25, -0.2) is 0 Å². The molecule has 0 amide bonds. The van der Waals surface area contributed by atoms with Gasteiger partial charge in [0.15, 0.2) is 0 Å². The van der Waals surface area contributed by atoms with E-state index in [1.165, 1.54) is 5.56 Å². The van der Waals surface area contributed by atoms with Gasteiger partial charge < -0.3 is 0 Å². The Hall–Kier alpha value is -1.89. The predicted octanol–water partition coefficient (Wildman–Crippen LogP) is 3.78. The van der Waals surface area contributed by atoms with Crippen molar-refractivity contribution >= 4 is 6.08 Å². The zero-order valence-electron chi connectivity index (χ0n) is 8.72. The fourth-order valence-corrected chi connectivity index (χ4v) is 1.49. The molecule has 0 saturated carbocycles. The molecule has 1 heterocycles. The molecule has 0 aliphatic heterocycles. The van der Waals surface area contributed by atoms with E-state index in [2.05, 4.69) is 35.3 Å². The number of hydrogen-bond donors (Lipinski definition) is 0. The van der Waals surface area contributed by atoms with Gasteiger partial charge in [-0.1, -0.05) is 42.5 Å². The molecule has 0 atom stereocenters. The molecule has 0 unspecified atom stereocenters. The molecule has 0 spiro atoms. The summed E-state index contributed by atoms with van der Waals surface area (Å²) in [7, 11) is 0. The quantitative estimate of drug-likeness (QED) is 0.710. The average molecular weight is 195 g/mol. The Balaban J connectivity index is 2.32. The lowest BCUT2D eigenvalue weighted by Gasteiger charge is -2.00. The van der Waals surface area contributed by atoms with Gasteiger partial charge >= 0.3 is 0 Å². The van der Waals surface area contributed by atoms with Crippen molar-refractivity contribution in [2.45, 2.75) is 6.92 Å². The summed E-state index contributed by atoms with van der Waals surface area (Å²) in [5, 5.41) is 0. The Morgan fingerprint density at radius 2 is 1.80 bits per heavy atom. The number of allylic oxidation sites excluding steroid dienone is 1. The summed E-state index contributed by atoms with van der Waals surface area (Å²) in [6.45, 7) is 2.02. The van der Waals surface area contributed by atoms with E-state index in [0.29, 0.717) is 0 Å². The van der Waals surface area contributed by atoms with Crippen molar-refractivity contribution in [3.05, 3.63) is 60.3 Å². The summed E-state index contributed by atoms with van der Waals surface area (Å²) in [6, 6.07) is 14.3. The normalized spacial score (nSPS) is 10.7. The third-order valence-electron chi connectivity index (χ3n) is 2.23. The molecule has 1 aromatic carbocycles. The maximum absolute atomic E-state index is 4.31. The molecule has 0 aliphatic rings. The van der Waals surface area contributed by atoms with Crippen molar-refractivity contribution in [3.63, 3.8) is 0 Å². The number of nitrogens with zero attached hydrogens (tertiary/aromatic N) is 1. The van der Waals surface area contributed by atoms with Gasteiger partial charge in [-0.15, -0.1) is 0 Å². The SMILES string of the molecule is CC=Cc1ccc(-c2ccccn2)cc1. The Morgan fingerprint density at radius 1 is 1.00 bits per heavy atom. The van der Waals surface area contributed by atoms with Crippen LogP contribution in [0.4, 0.5) is 0 Å². The first kappa shape index (κ1) is 9.66. The van der Waals surface area contributed by atoms with Crippen LogP contribution in [0.5, 0.6) is 0 Å². The van der Waals surface area contributed by atoms with E-state index in [4.69, 9.17) is 0 Å².